The van der Waals surface area contributed by atoms with Gasteiger partial charge < -0.3 is 10.2 Å². The molecule has 2 heterocycles. The minimum atomic E-state index is -0.365. The molecule has 1 aliphatic heterocycles. The molecule has 34 heavy (non-hydrogen) atoms. The number of hydrogen-bond acceptors (Lipinski definition) is 4. The van der Waals surface area contributed by atoms with E-state index in [2.05, 4.69) is 39.5 Å². The lowest BCUT2D eigenvalue weighted by molar-refractivity contribution is 0.222. The summed E-state index contributed by atoms with van der Waals surface area (Å²) in [5.74, 6) is 0.200. The Kier molecular flexibility index (Phi) is 5.71. The molecule has 0 saturated carbocycles. The number of likely N-dealkylation sites (tertiary alicyclic amines) is 1. The molecule has 0 spiro atoms. The SMILES string of the molecule is Fc1[c]cc(-c2cccc3cnc(Nc4ccc5c(c4)CC[C@@H](N4CCCC4)CC5)nc23)cc1. The summed E-state index contributed by atoms with van der Waals surface area (Å²) in [5.41, 5.74) is 6.59. The van der Waals surface area contributed by atoms with E-state index in [0.717, 1.165) is 46.6 Å². The van der Waals surface area contributed by atoms with Gasteiger partial charge in [-0.05, 0) is 92.6 Å². The molecule has 6 rings (SSSR count). The largest absolute Gasteiger partial charge is 0.324 e. The smallest absolute Gasteiger partial charge is 0.227 e. The van der Waals surface area contributed by atoms with Crippen molar-refractivity contribution in [1.82, 2.24) is 14.9 Å². The van der Waals surface area contributed by atoms with Gasteiger partial charge in [0.25, 0.3) is 0 Å². The summed E-state index contributed by atoms with van der Waals surface area (Å²) in [5, 5.41) is 4.37. The van der Waals surface area contributed by atoms with Gasteiger partial charge in [-0.1, -0.05) is 30.3 Å². The lowest BCUT2D eigenvalue weighted by atomic mass is 10.0. The molecular formula is C29H28FN4. The van der Waals surface area contributed by atoms with Crippen LogP contribution in [0.3, 0.4) is 0 Å². The summed E-state index contributed by atoms with van der Waals surface area (Å²) in [7, 11) is 0. The average Bonchev–Trinajstić information content (AvgIpc) is 3.32. The highest BCUT2D eigenvalue weighted by atomic mass is 19.1. The molecule has 1 N–H and O–H groups in total. The Labute approximate surface area is 199 Å². The second-order valence-corrected chi connectivity index (χ2v) is 9.45. The molecule has 171 valence electrons. The summed E-state index contributed by atoms with van der Waals surface area (Å²) < 4.78 is 13.4. The first-order chi connectivity index (χ1) is 16.7. The molecule has 3 aromatic carbocycles. The van der Waals surface area contributed by atoms with E-state index < -0.39 is 0 Å². The normalized spacial score (nSPS) is 18.6. The van der Waals surface area contributed by atoms with Gasteiger partial charge in [0.1, 0.15) is 5.82 Å². The van der Waals surface area contributed by atoms with E-state index in [1.54, 1.807) is 12.1 Å². The summed E-state index contributed by atoms with van der Waals surface area (Å²) in [6.07, 6.45) is 9.32. The first-order valence-corrected chi connectivity index (χ1v) is 12.3. The number of anilines is 2. The fourth-order valence-electron chi connectivity index (χ4n) is 5.49. The van der Waals surface area contributed by atoms with Gasteiger partial charge in [-0.2, -0.15) is 0 Å². The summed E-state index contributed by atoms with van der Waals surface area (Å²) in [6.45, 7) is 2.54. The standard InChI is InChI=1S/C29H28FN4/c30-24-11-6-21(7-12-24)27-5-3-4-23-19-31-29(33-28(23)27)32-25-13-8-20-9-14-26(15-10-22(20)18-25)34-16-1-2-17-34/h3-8,11,13,18-19,26H,1-2,9-10,14-17H2,(H,31,32,33)/t26-/m0/s1. The van der Waals surface area contributed by atoms with Crippen molar-refractivity contribution in [1.29, 1.82) is 0 Å². The Bertz CT molecular complexity index is 1310. The first-order valence-electron chi connectivity index (χ1n) is 12.3. The van der Waals surface area contributed by atoms with Crippen LogP contribution in [0.15, 0.2) is 60.8 Å². The number of fused-ring (bicyclic) bond motifs is 2. The van der Waals surface area contributed by atoms with Crippen LogP contribution in [0.4, 0.5) is 16.0 Å². The zero-order valence-corrected chi connectivity index (χ0v) is 19.2. The van der Waals surface area contributed by atoms with Gasteiger partial charge in [-0.3, -0.25) is 0 Å². The van der Waals surface area contributed by atoms with Gasteiger partial charge in [0, 0.05) is 34.9 Å². The topological polar surface area (TPSA) is 41.1 Å². The second kappa shape index (κ2) is 9.15. The van der Waals surface area contributed by atoms with Crippen molar-refractivity contribution in [3.05, 3.63) is 83.8 Å². The quantitative estimate of drug-likeness (QED) is 0.369. The molecule has 5 heteroatoms. The third kappa shape index (κ3) is 4.28. The van der Waals surface area contributed by atoms with Crippen LogP contribution in [0.25, 0.3) is 22.0 Å². The molecule has 2 aliphatic rings. The number of aromatic nitrogens is 2. The fourth-order valence-corrected chi connectivity index (χ4v) is 5.49. The molecule has 0 amide bonds. The van der Waals surface area contributed by atoms with E-state index >= 15 is 0 Å². The Balaban J connectivity index is 1.25. The van der Waals surface area contributed by atoms with Crippen LogP contribution in [-0.2, 0) is 12.8 Å². The van der Waals surface area contributed by atoms with E-state index in [1.807, 2.05) is 24.4 Å². The number of rotatable bonds is 4. The first kappa shape index (κ1) is 21.2. The minimum Gasteiger partial charge on any atom is -0.324 e. The Hall–Kier alpha value is -3.31. The van der Waals surface area contributed by atoms with Crippen LogP contribution in [0.5, 0.6) is 0 Å². The number of nitrogens with zero attached hydrogens (tertiary/aromatic N) is 3. The highest BCUT2D eigenvalue weighted by Gasteiger charge is 2.24. The molecule has 4 nitrogen and oxygen atoms in total. The maximum absolute atomic E-state index is 13.4. The van der Waals surface area contributed by atoms with E-state index in [9.17, 15) is 4.39 Å². The lowest BCUT2D eigenvalue weighted by Gasteiger charge is -2.25. The lowest BCUT2D eigenvalue weighted by Crippen LogP contribution is -2.32. The highest BCUT2D eigenvalue weighted by molar-refractivity contribution is 5.93. The second-order valence-electron chi connectivity index (χ2n) is 9.45. The van der Waals surface area contributed by atoms with Crippen molar-refractivity contribution >= 4 is 22.5 Å². The maximum Gasteiger partial charge on any atom is 0.227 e. The van der Waals surface area contributed by atoms with Gasteiger partial charge >= 0.3 is 0 Å². The zero-order valence-electron chi connectivity index (χ0n) is 19.2. The van der Waals surface area contributed by atoms with Crippen LogP contribution in [-0.4, -0.2) is 34.0 Å². The van der Waals surface area contributed by atoms with Crippen molar-refractivity contribution in [2.75, 3.05) is 18.4 Å². The molecule has 1 saturated heterocycles. The number of hydrogen-bond donors (Lipinski definition) is 1. The average molecular weight is 452 g/mol. The molecule has 1 aromatic heterocycles. The molecule has 1 aliphatic carbocycles. The number of aryl methyl sites for hydroxylation is 2. The van der Waals surface area contributed by atoms with E-state index in [-0.39, 0.29) is 5.82 Å². The fraction of sp³-hybridized carbons (Fsp3) is 0.310. The van der Waals surface area contributed by atoms with E-state index in [1.165, 1.54) is 56.0 Å². The third-order valence-corrected chi connectivity index (χ3v) is 7.31. The van der Waals surface area contributed by atoms with Crippen LogP contribution in [0, 0.1) is 11.9 Å². The van der Waals surface area contributed by atoms with Gasteiger partial charge in [0.05, 0.1) is 5.52 Å². The van der Waals surface area contributed by atoms with E-state index in [4.69, 9.17) is 4.98 Å². The van der Waals surface area contributed by atoms with Crippen LogP contribution in [0.2, 0.25) is 0 Å². The molecule has 1 fully saturated rings. The van der Waals surface area contributed by atoms with Gasteiger partial charge in [0.2, 0.25) is 5.95 Å². The summed E-state index contributed by atoms with van der Waals surface area (Å²) in [6, 6.07) is 20.9. The molecule has 4 aromatic rings. The summed E-state index contributed by atoms with van der Waals surface area (Å²) >= 11 is 0. The Morgan fingerprint density at radius 2 is 1.82 bits per heavy atom. The molecule has 1 radical (unpaired) electrons. The molecule has 1 atom stereocenters. The summed E-state index contributed by atoms with van der Waals surface area (Å²) in [4.78, 5) is 12.1. The van der Waals surface area contributed by atoms with Crippen LogP contribution >= 0.6 is 0 Å². The van der Waals surface area contributed by atoms with Gasteiger partial charge in [-0.25, -0.2) is 14.4 Å². The van der Waals surface area contributed by atoms with Crippen molar-refractivity contribution in [2.45, 2.75) is 44.6 Å². The molecule has 0 unspecified atom stereocenters. The number of benzene rings is 3. The number of para-hydroxylation sites is 1. The van der Waals surface area contributed by atoms with Crippen molar-refractivity contribution in [3.63, 3.8) is 0 Å². The Morgan fingerprint density at radius 1 is 0.971 bits per heavy atom. The zero-order chi connectivity index (χ0) is 22.9. The van der Waals surface area contributed by atoms with Gasteiger partial charge in [0.15, 0.2) is 0 Å². The predicted octanol–water partition coefficient (Wildman–Crippen LogP) is 6.32. The molecular weight excluding hydrogens is 423 g/mol. The maximum atomic E-state index is 13.4. The van der Waals surface area contributed by atoms with Gasteiger partial charge in [-0.15, -0.1) is 0 Å². The van der Waals surface area contributed by atoms with Crippen molar-refractivity contribution in [3.8, 4) is 11.1 Å². The van der Waals surface area contributed by atoms with E-state index in [0.29, 0.717) is 5.95 Å². The molecule has 0 bridgehead atoms. The number of nitrogens with one attached hydrogen (secondary N) is 1. The highest BCUT2D eigenvalue weighted by Crippen LogP contribution is 2.30. The van der Waals surface area contributed by atoms with Crippen LogP contribution in [0.1, 0.15) is 36.8 Å². The number of halogens is 1. The predicted molar refractivity (Wildman–Crippen MR) is 135 cm³/mol. The van der Waals surface area contributed by atoms with Crippen LogP contribution < -0.4 is 5.32 Å². The monoisotopic (exact) mass is 451 g/mol. The van der Waals surface area contributed by atoms with Crippen molar-refractivity contribution < 1.29 is 4.39 Å². The third-order valence-electron chi connectivity index (χ3n) is 7.31. The minimum absolute atomic E-state index is 0.365. The Morgan fingerprint density at radius 3 is 2.65 bits per heavy atom. The van der Waals surface area contributed by atoms with Crippen molar-refractivity contribution in [2.24, 2.45) is 0 Å².